The number of nitrogens with one attached hydrogen (secondary N) is 1. The lowest BCUT2D eigenvalue weighted by molar-refractivity contribution is -0.135. The Bertz CT molecular complexity index is 720. The van der Waals surface area contributed by atoms with Crippen LogP contribution in [0.15, 0.2) is 34.3 Å². The molecule has 1 aliphatic rings. The standard InChI is InChI=1S/C20H27BrN2O2/c1-12(2)9-15-18(20(15,4)5)19(25)23(6)11-17(24)22-16-8-7-14(21)10-13(16)3/h7-10,15,18H,11H2,1-6H3,(H,22,24). The first-order valence-electron chi connectivity index (χ1n) is 8.50. The van der Waals surface area contributed by atoms with Crippen LogP contribution < -0.4 is 5.32 Å². The summed E-state index contributed by atoms with van der Waals surface area (Å²) in [5, 5.41) is 2.88. The number of hydrogen-bond donors (Lipinski definition) is 1. The van der Waals surface area contributed by atoms with Crippen LogP contribution in [0.1, 0.15) is 33.3 Å². The van der Waals surface area contributed by atoms with Gasteiger partial charge in [-0.2, -0.15) is 0 Å². The number of carbonyl (C=O) groups excluding carboxylic acids is 2. The number of anilines is 1. The molecule has 1 N–H and O–H groups in total. The number of nitrogens with zero attached hydrogens (tertiary/aromatic N) is 1. The average Bonchev–Trinajstić information content (AvgIpc) is 3.01. The summed E-state index contributed by atoms with van der Waals surface area (Å²) in [7, 11) is 1.70. The van der Waals surface area contributed by atoms with E-state index in [1.165, 1.54) is 10.5 Å². The smallest absolute Gasteiger partial charge is 0.243 e. The van der Waals surface area contributed by atoms with Crippen LogP contribution in [0, 0.1) is 24.2 Å². The topological polar surface area (TPSA) is 49.4 Å². The van der Waals surface area contributed by atoms with Gasteiger partial charge >= 0.3 is 0 Å². The average molecular weight is 407 g/mol. The minimum Gasteiger partial charge on any atom is -0.336 e. The van der Waals surface area contributed by atoms with Gasteiger partial charge in [-0.25, -0.2) is 0 Å². The molecule has 0 saturated heterocycles. The summed E-state index contributed by atoms with van der Waals surface area (Å²) in [6.45, 7) is 10.3. The van der Waals surface area contributed by atoms with Crippen molar-refractivity contribution in [3.8, 4) is 0 Å². The van der Waals surface area contributed by atoms with Crippen LogP contribution in [0.2, 0.25) is 0 Å². The summed E-state index contributed by atoms with van der Waals surface area (Å²) in [6, 6.07) is 5.68. The maximum atomic E-state index is 12.7. The fraction of sp³-hybridized carbons (Fsp3) is 0.500. The molecule has 2 atom stereocenters. The van der Waals surface area contributed by atoms with Crippen LogP contribution in [0.25, 0.3) is 0 Å². The van der Waals surface area contributed by atoms with Gasteiger partial charge in [0.15, 0.2) is 0 Å². The number of likely N-dealkylation sites (N-methyl/N-ethyl adjacent to an activating group) is 1. The molecule has 1 aromatic rings. The Morgan fingerprint density at radius 1 is 1.32 bits per heavy atom. The molecule has 2 rings (SSSR count). The molecule has 4 nitrogen and oxygen atoms in total. The van der Waals surface area contributed by atoms with Crippen molar-refractivity contribution in [2.75, 3.05) is 18.9 Å². The van der Waals surface area contributed by atoms with Gasteiger partial charge in [-0.05, 0) is 55.9 Å². The van der Waals surface area contributed by atoms with E-state index in [-0.39, 0.29) is 35.6 Å². The molecule has 0 heterocycles. The van der Waals surface area contributed by atoms with E-state index in [2.05, 4.69) is 41.2 Å². The molecule has 0 aromatic heterocycles. The van der Waals surface area contributed by atoms with Crippen molar-refractivity contribution in [1.82, 2.24) is 4.90 Å². The molecule has 1 aliphatic carbocycles. The van der Waals surface area contributed by atoms with Gasteiger partial charge in [-0.15, -0.1) is 0 Å². The molecule has 2 unspecified atom stereocenters. The molecular formula is C20H27BrN2O2. The van der Waals surface area contributed by atoms with Crippen LogP contribution in [0.3, 0.4) is 0 Å². The maximum absolute atomic E-state index is 12.7. The van der Waals surface area contributed by atoms with Crippen LogP contribution >= 0.6 is 15.9 Å². The normalized spacial score (nSPS) is 20.6. The third kappa shape index (κ3) is 4.51. The highest BCUT2D eigenvalue weighted by Crippen LogP contribution is 2.59. The Kier molecular flexibility index (Phi) is 5.77. The second-order valence-corrected chi connectivity index (χ2v) is 8.69. The van der Waals surface area contributed by atoms with Gasteiger partial charge in [0.2, 0.25) is 11.8 Å². The highest BCUT2D eigenvalue weighted by molar-refractivity contribution is 9.10. The van der Waals surface area contributed by atoms with Crippen LogP contribution in [-0.2, 0) is 9.59 Å². The van der Waals surface area contributed by atoms with E-state index in [1.807, 2.05) is 39.0 Å². The van der Waals surface area contributed by atoms with E-state index in [9.17, 15) is 9.59 Å². The van der Waals surface area contributed by atoms with Gasteiger partial charge < -0.3 is 10.2 Å². The van der Waals surface area contributed by atoms with Gasteiger partial charge in [-0.3, -0.25) is 9.59 Å². The number of halogens is 1. The molecule has 1 saturated carbocycles. The lowest BCUT2D eigenvalue weighted by Crippen LogP contribution is -2.36. The lowest BCUT2D eigenvalue weighted by Gasteiger charge is -2.18. The Balaban J connectivity index is 1.97. The lowest BCUT2D eigenvalue weighted by atomic mass is 10.1. The van der Waals surface area contributed by atoms with E-state index in [1.54, 1.807) is 7.05 Å². The van der Waals surface area contributed by atoms with Gasteiger partial charge in [0.05, 0.1) is 12.5 Å². The van der Waals surface area contributed by atoms with Gasteiger partial charge in [-0.1, -0.05) is 41.4 Å². The minimum atomic E-state index is -0.182. The predicted octanol–water partition coefficient (Wildman–Crippen LogP) is 4.39. The fourth-order valence-electron chi connectivity index (χ4n) is 3.31. The van der Waals surface area contributed by atoms with Crippen LogP contribution in [-0.4, -0.2) is 30.3 Å². The van der Waals surface area contributed by atoms with Crippen molar-refractivity contribution in [2.24, 2.45) is 17.3 Å². The molecule has 25 heavy (non-hydrogen) atoms. The summed E-state index contributed by atoms with van der Waals surface area (Å²) in [4.78, 5) is 26.6. The van der Waals surface area contributed by atoms with Crippen molar-refractivity contribution in [1.29, 1.82) is 0 Å². The molecule has 0 radical (unpaired) electrons. The first-order chi connectivity index (χ1) is 11.5. The zero-order valence-electron chi connectivity index (χ0n) is 15.8. The van der Waals surface area contributed by atoms with Crippen molar-refractivity contribution in [3.05, 3.63) is 39.9 Å². The van der Waals surface area contributed by atoms with E-state index < -0.39 is 0 Å². The fourth-order valence-corrected chi connectivity index (χ4v) is 3.78. The van der Waals surface area contributed by atoms with E-state index in [0.29, 0.717) is 0 Å². The number of aryl methyl sites for hydroxylation is 1. The number of amides is 2. The minimum absolute atomic E-state index is 0.0372. The summed E-state index contributed by atoms with van der Waals surface area (Å²) in [5.41, 5.74) is 2.92. The highest BCUT2D eigenvalue weighted by Gasteiger charge is 2.61. The Morgan fingerprint density at radius 3 is 2.52 bits per heavy atom. The SMILES string of the molecule is CC(C)=CC1C(C(=O)N(C)CC(=O)Nc2ccc(Br)cc2C)C1(C)C. The second-order valence-electron chi connectivity index (χ2n) is 7.77. The summed E-state index contributed by atoms with van der Waals surface area (Å²) < 4.78 is 0.969. The van der Waals surface area contributed by atoms with Crippen LogP contribution in [0.5, 0.6) is 0 Å². The summed E-state index contributed by atoms with van der Waals surface area (Å²) >= 11 is 3.41. The Morgan fingerprint density at radius 2 is 1.96 bits per heavy atom. The van der Waals surface area contributed by atoms with E-state index in [0.717, 1.165) is 15.7 Å². The molecule has 0 bridgehead atoms. The van der Waals surface area contributed by atoms with Crippen molar-refractivity contribution in [2.45, 2.75) is 34.6 Å². The summed E-state index contributed by atoms with van der Waals surface area (Å²) in [6.07, 6.45) is 2.17. The molecule has 1 fully saturated rings. The highest BCUT2D eigenvalue weighted by atomic mass is 79.9. The van der Waals surface area contributed by atoms with Crippen molar-refractivity contribution >= 4 is 33.4 Å². The number of carbonyl (C=O) groups is 2. The zero-order chi connectivity index (χ0) is 18.9. The van der Waals surface area contributed by atoms with E-state index >= 15 is 0 Å². The van der Waals surface area contributed by atoms with Gasteiger partial charge in [0.1, 0.15) is 0 Å². The van der Waals surface area contributed by atoms with Crippen LogP contribution in [0.4, 0.5) is 5.69 Å². The largest absolute Gasteiger partial charge is 0.336 e. The predicted molar refractivity (Wildman–Crippen MR) is 105 cm³/mol. The molecule has 2 amide bonds. The van der Waals surface area contributed by atoms with Crippen molar-refractivity contribution in [3.63, 3.8) is 0 Å². The number of rotatable bonds is 5. The maximum Gasteiger partial charge on any atom is 0.243 e. The monoisotopic (exact) mass is 406 g/mol. The van der Waals surface area contributed by atoms with Crippen molar-refractivity contribution < 1.29 is 9.59 Å². The molecule has 0 spiro atoms. The van der Waals surface area contributed by atoms with Gasteiger partial charge in [0, 0.05) is 17.2 Å². The summed E-state index contributed by atoms with van der Waals surface area (Å²) in [5.74, 6) is 0.0625. The first kappa shape index (κ1) is 19.7. The molecule has 1 aromatic carbocycles. The first-order valence-corrected chi connectivity index (χ1v) is 9.29. The van der Waals surface area contributed by atoms with E-state index in [4.69, 9.17) is 0 Å². The molecule has 136 valence electrons. The quantitative estimate of drug-likeness (QED) is 0.736. The molecule has 5 heteroatoms. The Hall–Kier alpha value is -1.62. The molecular weight excluding hydrogens is 380 g/mol. The molecule has 0 aliphatic heterocycles. The zero-order valence-corrected chi connectivity index (χ0v) is 17.4. The number of hydrogen-bond acceptors (Lipinski definition) is 2. The Labute approximate surface area is 158 Å². The number of benzene rings is 1. The van der Waals surface area contributed by atoms with Gasteiger partial charge in [0.25, 0.3) is 0 Å². The third-order valence-corrected chi connectivity index (χ3v) is 5.40. The number of allylic oxidation sites excluding steroid dienone is 2. The second kappa shape index (κ2) is 7.32. The third-order valence-electron chi connectivity index (χ3n) is 4.91.